The van der Waals surface area contributed by atoms with E-state index in [1.54, 1.807) is 0 Å². The van der Waals surface area contributed by atoms with Crippen LogP contribution in [0.15, 0.2) is 30.5 Å². The third-order valence-electron chi connectivity index (χ3n) is 2.45. The maximum atomic E-state index is 3.87. The molecule has 0 saturated carbocycles. The number of nitrogens with one attached hydrogen (secondary N) is 1. The molecule has 82 valence electrons. The summed E-state index contributed by atoms with van der Waals surface area (Å²) >= 11 is 0. The third-order valence-corrected chi connectivity index (χ3v) is 2.45. The van der Waals surface area contributed by atoms with Crippen LogP contribution in [0.2, 0.25) is 0 Å². The van der Waals surface area contributed by atoms with Crippen molar-refractivity contribution in [2.45, 2.75) is 40.0 Å². The van der Waals surface area contributed by atoms with E-state index in [2.05, 4.69) is 57.8 Å². The highest BCUT2D eigenvalue weighted by molar-refractivity contribution is 5.56. The largest absolute Gasteiger partial charge is 0.359 e. The molecule has 0 unspecified atom stereocenters. The minimum atomic E-state index is 0.194. The van der Waals surface area contributed by atoms with Gasteiger partial charge in [0.05, 0.1) is 0 Å². The number of hydrogen-bond donors (Lipinski definition) is 1. The van der Waals surface area contributed by atoms with Gasteiger partial charge in [-0.15, -0.1) is 0 Å². The van der Waals surface area contributed by atoms with Gasteiger partial charge in [0, 0.05) is 11.4 Å². The fourth-order valence-electron chi connectivity index (χ4n) is 1.45. The Labute approximate surface area is 93.2 Å². The molecule has 1 aromatic rings. The Hall–Kier alpha value is -1.24. The van der Waals surface area contributed by atoms with Crippen molar-refractivity contribution < 1.29 is 0 Å². The zero-order valence-electron chi connectivity index (χ0n) is 10.4. The molecular formula is C14H21N. The maximum absolute atomic E-state index is 3.87. The summed E-state index contributed by atoms with van der Waals surface area (Å²) in [6.07, 6.45) is 0. The fourth-order valence-corrected chi connectivity index (χ4v) is 1.45. The molecule has 0 aliphatic rings. The van der Waals surface area contributed by atoms with Gasteiger partial charge in [-0.1, -0.05) is 39.5 Å². The van der Waals surface area contributed by atoms with Crippen LogP contribution in [-0.2, 0) is 5.41 Å². The van der Waals surface area contributed by atoms with Crippen LogP contribution in [0.25, 0.3) is 0 Å². The second-order valence-electron chi connectivity index (χ2n) is 5.19. The predicted octanol–water partition coefficient (Wildman–Crippen LogP) is 4.24. The Kier molecular flexibility index (Phi) is 3.23. The molecule has 0 bridgehead atoms. The monoisotopic (exact) mass is 203 g/mol. The lowest BCUT2D eigenvalue weighted by atomic mass is 9.86. The van der Waals surface area contributed by atoms with Gasteiger partial charge < -0.3 is 5.32 Å². The lowest BCUT2D eigenvalue weighted by Gasteiger charge is -2.21. The Morgan fingerprint density at radius 1 is 1.27 bits per heavy atom. The second kappa shape index (κ2) is 4.09. The molecule has 0 aromatic heterocycles. The molecule has 15 heavy (non-hydrogen) atoms. The summed E-state index contributed by atoms with van der Waals surface area (Å²) in [6.45, 7) is 14.6. The summed E-state index contributed by atoms with van der Waals surface area (Å²) in [5.74, 6) is 0. The van der Waals surface area contributed by atoms with Crippen LogP contribution in [-0.4, -0.2) is 0 Å². The smallest absolute Gasteiger partial charge is 0.0414 e. The van der Waals surface area contributed by atoms with Crippen molar-refractivity contribution in [2.24, 2.45) is 0 Å². The van der Waals surface area contributed by atoms with Crippen LogP contribution < -0.4 is 5.32 Å². The summed E-state index contributed by atoms with van der Waals surface area (Å²) < 4.78 is 0. The highest BCUT2D eigenvalue weighted by Crippen LogP contribution is 2.27. The van der Waals surface area contributed by atoms with Crippen molar-refractivity contribution in [3.63, 3.8) is 0 Å². The van der Waals surface area contributed by atoms with Gasteiger partial charge in [-0.25, -0.2) is 0 Å². The lowest BCUT2D eigenvalue weighted by Crippen LogP contribution is -2.11. The summed E-state index contributed by atoms with van der Waals surface area (Å²) in [5.41, 5.74) is 4.93. The molecule has 0 atom stereocenters. The van der Waals surface area contributed by atoms with Crippen molar-refractivity contribution in [3.05, 3.63) is 41.6 Å². The zero-order chi connectivity index (χ0) is 11.6. The van der Waals surface area contributed by atoms with Crippen molar-refractivity contribution in [1.29, 1.82) is 0 Å². The van der Waals surface area contributed by atoms with Crippen LogP contribution in [0.5, 0.6) is 0 Å². The van der Waals surface area contributed by atoms with E-state index in [0.717, 1.165) is 11.4 Å². The van der Waals surface area contributed by atoms with E-state index in [0.29, 0.717) is 0 Å². The Morgan fingerprint density at radius 2 is 1.87 bits per heavy atom. The minimum absolute atomic E-state index is 0.194. The van der Waals surface area contributed by atoms with Crippen LogP contribution in [0.4, 0.5) is 5.69 Å². The Morgan fingerprint density at radius 3 is 2.33 bits per heavy atom. The summed E-state index contributed by atoms with van der Waals surface area (Å²) in [7, 11) is 0. The number of rotatable bonds is 2. The standard InChI is InChI=1S/C14H21N/c1-10(2)15-13-9-12(14(4,5)6)8-7-11(13)3/h7-9,15H,1H2,2-6H3. The highest BCUT2D eigenvalue weighted by Gasteiger charge is 2.14. The fraction of sp³-hybridized carbons (Fsp3) is 0.429. The van der Waals surface area contributed by atoms with Crippen molar-refractivity contribution >= 4 is 5.69 Å². The van der Waals surface area contributed by atoms with Crippen LogP contribution in [0.3, 0.4) is 0 Å². The first-order valence-electron chi connectivity index (χ1n) is 5.34. The predicted molar refractivity (Wildman–Crippen MR) is 68.3 cm³/mol. The van der Waals surface area contributed by atoms with E-state index in [1.807, 2.05) is 6.92 Å². The maximum Gasteiger partial charge on any atom is 0.0414 e. The minimum Gasteiger partial charge on any atom is -0.359 e. The zero-order valence-corrected chi connectivity index (χ0v) is 10.4. The van der Waals surface area contributed by atoms with Gasteiger partial charge in [0.25, 0.3) is 0 Å². The number of anilines is 1. The Bertz CT molecular complexity index is 369. The molecule has 0 spiro atoms. The first-order chi connectivity index (χ1) is 6.80. The van der Waals surface area contributed by atoms with Crippen LogP contribution >= 0.6 is 0 Å². The topological polar surface area (TPSA) is 12.0 Å². The van der Waals surface area contributed by atoms with Gasteiger partial charge in [0.2, 0.25) is 0 Å². The van der Waals surface area contributed by atoms with Gasteiger partial charge in [0.15, 0.2) is 0 Å². The average Bonchev–Trinajstić information content (AvgIpc) is 2.06. The molecule has 1 rings (SSSR count). The van der Waals surface area contributed by atoms with Gasteiger partial charge in [-0.2, -0.15) is 0 Å². The average molecular weight is 203 g/mol. The molecule has 0 saturated heterocycles. The molecule has 0 fully saturated rings. The number of aryl methyl sites for hydroxylation is 1. The van der Waals surface area contributed by atoms with E-state index in [9.17, 15) is 0 Å². The van der Waals surface area contributed by atoms with Gasteiger partial charge >= 0.3 is 0 Å². The lowest BCUT2D eigenvalue weighted by molar-refractivity contribution is 0.590. The van der Waals surface area contributed by atoms with Gasteiger partial charge in [-0.05, 0) is 36.5 Å². The number of allylic oxidation sites excluding steroid dienone is 1. The normalized spacial score (nSPS) is 11.3. The molecule has 0 amide bonds. The first-order valence-corrected chi connectivity index (χ1v) is 5.34. The quantitative estimate of drug-likeness (QED) is 0.758. The summed E-state index contributed by atoms with van der Waals surface area (Å²) in [5, 5.41) is 3.29. The molecule has 1 N–H and O–H groups in total. The first kappa shape index (κ1) is 11.8. The third kappa shape index (κ3) is 3.12. The Balaban J connectivity index is 3.11. The second-order valence-corrected chi connectivity index (χ2v) is 5.19. The molecular weight excluding hydrogens is 182 g/mol. The van der Waals surface area contributed by atoms with E-state index in [4.69, 9.17) is 0 Å². The number of hydrogen-bond acceptors (Lipinski definition) is 1. The molecule has 1 heteroatoms. The molecule has 1 nitrogen and oxygen atoms in total. The van der Waals surface area contributed by atoms with Crippen molar-refractivity contribution in [1.82, 2.24) is 0 Å². The summed E-state index contributed by atoms with van der Waals surface area (Å²) in [6, 6.07) is 6.56. The van der Waals surface area contributed by atoms with Crippen LogP contribution in [0.1, 0.15) is 38.8 Å². The van der Waals surface area contributed by atoms with E-state index in [1.165, 1.54) is 11.1 Å². The molecule has 0 radical (unpaired) electrons. The van der Waals surface area contributed by atoms with E-state index >= 15 is 0 Å². The number of benzene rings is 1. The van der Waals surface area contributed by atoms with Crippen LogP contribution in [0, 0.1) is 6.92 Å². The highest BCUT2D eigenvalue weighted by atomic mass is 14.9. The van der Waals surface area contributed by atoms with Crippen molar-refractivity contribution in [2.75, 3.05) is 5.32 Å². The molecule has 0 aliphatic heterocycles. The summed E-state index contributed by atoms with van der Waals surface area (Å²) in [4.78, 5) is 0. The van der Waals surface area contributed by atoms with Gasteiger partial charge in [-0.3, -0.25) is 0 Å². The van der Waals surface area contributed by atoms with Gasteiger partial charge in [0.1, 0.15) is 0 Å². The van der Waals surface area contributed by atoms with E-state index in [-0.39, 0.29) is 5.41 Å². The van der Waals surface area contributed by atoms with E-state index < -0.39 is 0 Å². The SMILES string of the molecule is C=C(C)Nc1cc(C(C)(C)C)ccc1C. The molecule has 0 aliphatic carbocycles. The molecule has 1 aromatic carbocycles. The molecule has 0 heterocycles. The van der Waals surface area contributed by atoms with Crippen molar-refractivity contribution in [3.8, 4) is 0 Å².